The van der Waals surface area contributed by atoms with Gasteiger partial charge in [0, 0.05) is 12.1 Å². The molecule has 130 valence electrons. The molecule has 4 rings (SSSR count). The molecule has 0 aliphatic carbocycles. The Hall–Kier alpha value is -3.41. The Balaban J connectivity index is 1.71. The van der Waals surface area contributed by atoms with E-state index >= 15 is 0 Å². The highest BCUT2D eigenvalue weighted by atomic mass is 19.1. The van der Waals surface area contributed by atoms with Gasteiger partial charge in [0.25, 0.3) is 0 Å². The number of nitrogens with zero attached hydrogens (tertiary/aromatic N) is 3. The van der Waals surface area contributed by atoms with Crippen molar-refractivity contribution >= 4 is 11.0 Å². The van der Waals surface area contributed by atoms with Crippen LogP contribution in [-0.4, -0.2) is 29.2 Å². The topological polar surface area (TPSA) is 49.2 Å². The van der Waals surface area contributed by atoms with E-state index in [-0.39, 0.29) is 5.75 Å². The van der Waals surface area contributed by atoms with Gasteiger partial charge in [-0.3, -0.25) is 0 Å². The molecular weight excluding hydrogens is 333 g/mol. The summed E-state index contributed by atoms with van der Waals surface area (Å²) in [5.74, 6) is 0.526. The highest BCUT2D eigenvalue weighted by Gasteiger charge is 2.12. The monoisotopic (exact) mass is 349 g/mol. The third-order valence-electron chi connectivity index (χ3n) is 4.25. The van der Waals surface area contributed by atoms with Crippen LogP contribution in [0.3, 0.4) is 0 Å². The molecule has 0 saturated carbocycles. The molecule has 0 fully saturated rings. The Bertz CT molecular complexity index is 1060. The number of ether oxygens (including phenoxy) is 2. The highest BCUT2D eigenvalue weighted by Crippen LogP contribution is 2.27. The van der Waals surface area contributed by atoms with Crippen molar-refractivity contribution in [3.05, 3.63) is 66.5 Å². The molecule has 0 radical (unpaired) electrons. The lowest BCUT2D eigenvalue weighted by molar-refractivity contribution is 0.387. The second-order valence-electron chi connectivity index (χ2n) is 5.75. The molecule has 0 aliphatic heterocycles. The van der Waals surface area contributed by atoms with E-state index in [2.05, 4.69) is 10.3 Å². The van der Waals surface area contributed by atoms with E-state index in [1.54, 1.807) is 17.9 Å². The van der Waals surface area contributed by atoms with E-state index in [0.717, 1.165) is 22.6 Å². The molecule has 6 heteroatoms. The molecule has 26 heavy (non-hydrogen) atoms. The van der Waals surface area contributed by atoms with Gasteiger partial charge in [-0.2, -0.15) is 0 Å². The van der Waals surface area contributed by atoms with E-state index in [4.69, 9.17) is 9.47 Å². The maximum absolute atomic E-state index is 13.8. The predicted molar refractivity (Wildman–Crippen MR) is 97.4 cm³/mol. The maximum atomic E-state index is 13.8. The molecule has 3 aromatic carbocycles. The lowest BCUT2D eigenvalue weighted by Gasteiger charge is -2.07. The van der Waals surface area contributed by atoms with Crippen LogP contribution in [-0.2, 0) is 0 Å². The van der Waals surface area contributed by atoms with E-state index in [1.165, 1.54) is 13.2 Å². The van der Waals surface area contributed by atoms with Crippen molar-refractivity contribution in [1.29, 1.82) is 0 Å². The quantitative estimate of drug-likeness (QED) is 0.553. The first-order valence-corrected chi connectivity index (χ1v) is 8.03. The number of aromatic nitrogens is 3. The van der Waals surface area contributed by atoms with Crippen molar-refractivity contribution in [1.82, 2.24) is 15.0 Å². The van der Waals surface area contributed by atoms with Crippen LogP contribution in [0.25, 0.3) is 27.8 Å². The summed E-state index contributed by atoms with van der Waals surface area (Å²) in [6.07, 6.45) is 0. The van der Waals surface area contributed by atoms with Crippen molar-refractivity contribution in [3.63, 3.8) is 0 Å². The average Bonchev–Trinajstić information content (AvgIpc) is 3.10. The van der Waals surface area contributed by atoms with Crippen LogP contribution in [0.2, 0.25) is 0 Å². The molecule has 1 aromatic heterocycles. The molecule has 4 aromatic rings. The summed E-state index contributed by atoms with van der Waals surface area (Å²) in [5, 5.41) is 8.17. The Labute approximate surface area is 149 Å². The van der Waals surface area contributed by atoms with Gasteiger partial charge in [0.1, 0.15) is 11.3 Å². The second-order valence-corrected chi connectivity index (χ2v) is 5.75. The maximum Gasteiger partial charge on any atom is 0.167 e. The van der Waals surface area contributed by atoms with Crippen LogP contribution in [0.1, 0.15) is 0 Å². The SMILES string of the molecule is COc1ccc(-c2ccc(-n3nnc4cc(F)c(OC)cc43)cc2)cc1. The Morgan fingerprint density at radius 3 is 2.12 bits per heavy atom. The molecule has 0 amide bonds. The molecule has 0 unspecified atom stereocenters. The standard InChI is InChI=1S/C20H16FN3O2/c1-25-16-9-5-14(6-10-16)13-3-7-15(8-4-13)24-19-12-20(26-2)17(21)11-18(19)22-23-24/h3-12H,1-2H3. The Morgan fingerprint density at radius 2 is 1.50 bits per heavy atom. The zero-order valence-corrected chi connectivity index (χ0v) is 14.3. The first kappa shape index (κ1) is 16.1. The van der Waals surface area contributed by atoms with E-state index in [9.17, 15) is 4.39 Å². The smallest absolute Gasteiger partial charge is 0.167 e. The second kappa shape index (κ2) is 6.48. The van der Waals surface area contributed by atoms with Crippen LogP contribution in [0.15, 0.2) is 60.7 Å². The van der Waals surface area contributed by atoms with Gasteiger partial charge in [0.05, 0.1) is 25.4 Å². The minimum Gasteiger partial charge on any atom is -0.497 e. The number of rotatable bonds is 4. The van der Waals surface area contributed by atoms with Gasteiger partial charge in [-0.05, 0) is 35.4 Å². The van der Waals surface area contributed by atoms with Crippen molar-refractivity contribution in [2.75, 3.05) is 14.2 Å². The largest absolute Gasteiger partial charge is 0.497 e. The van der Waals surface area contributed by atoms with Gasteiger partial charge in [-0.1, -0.05) is 29.5 Å². The van der Waals surface area contributed by atoms with E-state index in [1.807, 2.05) is 48.5 Å². The predicted octanol–water partition coefficient (Wildman–Crippen LogP) is 4.24. The summed E-state index contributed by atoms with van der Waals surface area (Å²) in [5.41, 5.74) is 4.15. The normalized spacial score (nSPS) is 10.9. The highest BCUT2D eigenvalue weighted by molar-refractivity contribution is 5.78. The summed E-state index contributed by atoms with van der Waals surface area (Å²) < 4.78 is 25.7. The summed E-state index contributed by atoms with van der Waals surface area (Å²) in [7, 11) is 3.08. The fourth-order valence-electron chi connectivity index (χ4n) is 2.85. The fraction of sp³-hybridized carbons (Fsp3) is 0.100. The third kappa shape index (κ3) is 2.75. The van der Waals surface area contributed by atoms with Gasteiger partial charge < -0.3 is 9.47 Å². The lowest BCUT2D eigenvalue weighted by Crippen LogP contribution is -1.97. The van der Waals surface area contributed by atoms with E-state index in [0.29, 0.717) is 11.0 Å². The van der Waals surface area contributed by atoms with Gasteiger partial charge in [0.2, 0.25) is 0 Å². The number of methoxy groups -OCH3 is 2. The van der Waals surface area contributed by atoms with Crippen molar-refractivity contribution < 1.29 is 13.9 Å². The Kier molecular flexibility index (Phi) is 4.01. The van der Waals surface area contributed by atoms with Crippen molar-refractivity contribution in [3.8, 4) is 28.3 Å². The molecule has 0 saturated heterocycles. The molecule has 0 N–H and O–H groups in total. The lowest BCUT2D eigenvalue weighted by atomic mass is 10.1. The summed E-state index contributed by atoms with van der Waals surface area (Å²) in [6, 6.07) is 18.7. The van der Waals surface area contributed by atoms with Gasteiger partial charge in [-0.15, -0.1) is 5.10 Å². The Morgan fingerprint density at radius 1 is 0.846 bits per heavy atom. The van der Waals surface area contributed by atoms with Crippen LogP contribution < -0.4 is 9.47 Å². The van der Waals surface area contributed by atoms with Crippen molar-refractivity contribution in [2.24, 2.45) is 0 Å². The first-order valence-electron chi connectivity index (χ1n) is 8.03. The zero-order chi connectivity index (χ0) is 18.1. The number of hydrogen-bond donors (Lipinski definition) is 0. The average molecular weight is 349 g/mol. The molecule has 0 bridgehead atoms. The molecular formula is C20H16FN3O2. The first-order chi connectivity index (χ1) is 12.7. The van der Waals surface area contributed by atoms with Crippen LogP contribution in [0.4, 0.5) is 4.39 Å². The number of benzene rings is 3. The van der Waals surface area contributed by atoms with Crippen LogP contribution in [0, 0.1) is 5.82 Å². The number of halogens is 1. The van der Waals surface area contributed by atoms with E-state index < -0.39 is 5.82 Å². The minimum absolute atomic E-state index is 0.163. The fourth-order valence-corrected chi connectivity index (χ4v) is 2.85. The summed E-state index contributed by atoms with van der Waals surface area (Å²) in [6.45, 7) is 0. The van der Waals surface area contributed by atoms with Crippen molar-refractivity contribution in [2.45, 2.75) is 0 Å². The molecule has 0 atom stereocenters. The molecule has 0 aliphatic rings. The molecule has 1 heterocycles. The number of fused-ring (bicyclic) bond motifs is 1. The van der Waals surface area contributed by atoms with Crippen LogP contribution >= 0.6 is 0 Å². The van der Waals surface area contributed by atoms with Crippen LogP contribution in [0.5, 0.6) is 11.5 Å². The number of hydrogen-bond acceptors (Lipinski definition) is 4. The van der Waals surface area contributed by atoms with Gasteiger partial charge in [0.15, 0.2) is 11.6 Å². The summed E-state index contributed by atoms with van der Waals surface area (Å²) >= 11 is 0. The molecule has 0 spiro atoms. The zero-order valence-electron chi connectivity index (χ0n) is 14.3. The molecule has 5 nitrogen and oxygen atoms in total. The van der Waals surface area contributed by atoms with Gasteiger partial charge >= 0.3 is 0 Å². The van der Waals surface area contributed by atoms with Gasteiger partial charge in [-0.25, -0.2) is 9.07 Å². The minimum atomic E-state index is -0.457. The summed E-state index contributed by atoms with van der Waals surface area (Å²) in [4.78, 5) is 0. The third-order valence-corrected chi connectivity index (χ3v) is 4.25.